The lowest BCUT2D eigenvalue weighted by Gasteiger charge is -2.11. The van der Waals surface area contributed by atoms with E-state index >= 15 is 0 Å². The third kappa shape index (κ3) is 3.91. The number of hydrogen-bond donors (Lipinski definition) is 1. The number of thiophene rings is 1. The van der Waals surface area contributed by atoms with E-state index in [9.17, 15) is 10.1 Å². The number of nitrogen functional groups attached to an aromatic ring is 1. The van der Waals surface area contributed by atoms with E-state index in [-0.39, 0.29) is 6.61 Å². The van der Waals surface area contributed by atoms with E-state index in [0.717, 1.165) is 27.7 Å². The van der Waals surface area contributed by atoms with Crippen LogP contribution in [0.15, 0.2) is 35.7 Å². The van der Waals surface area contributed by atoms with Gasteiger partial charge in [0.1, 0.15) is 15.9 Å². The standard InChI is InChI=1S/C20H20N4O2S2/c1-4-26-19(25)17-15(14(10-21)18(22)28-17)11-27-20-23-7-8-24(20)16-6-5-12(2)9-13(16)3/h5-9H,4,11,22H2,1-3H3. The van der Waals surface area contributed by atoms with Crippen molar-refractivity contribution >= 4 is 34.1 Å². The molecule has 1 aromatic carbocycles. The molecule has 0 fully saturated rings. The Bertz CT molecular complexity index is 1060. The van der Waals surface area contributed by atoms with Crippen molar-refractivity contribution in [1.29, 1.82) is 5.26 Å². The molecular weight excluding hydrogens is 392 g/mol. The van der Waals surface area contributed by atoms with Crippen LogP contribution in [0.4, 0.5) is 5.00 Å². The maximum Gasteiger partial charge on any atom is 0.348 e. The van der Waals surface area contributed by atoms with E-state index in [4.69, 9.17) is 10.5 Å². The van der Waals surface area contributed by atoms with Gasteiger partial charge in [-0.15, -0.1) is 11.3 Å². The minimum atomic E-state index is -0.450. The lowest BCUT2D eigenvalue weighted by molar-refractivity contribution is 0.0531. The molecule has 3 rings (SSSR count). The lowest BCUT2D eigenvalue weighted by atomic mass is 10.1. The van der Waals surface area contributed by atoms with Crippen molar-refractivity contribution in [2.24, 2.45) is 0 Å². The molecule has 0 aliphatic heterocycles. The molecule has 2 aromatic heterocycles. The zero-order valence-electron chi connectivity index (χ0n) is 15.9. The van der Waals surface area contributed by atoms with Gasteiger partial charge in [-0.2, -0.15) is 5.26 Å². The zero-order valence-corrected chi connectivity index (χ0v) is 17.5. The average Bonchev–Trinajstić information content (AvgIpc) is 3.24. The number of nitriles is 1. The summed E-state index contributed by atoms with van der Waals surface area (Å²) in [6, 6.07) is 8.35. The second-order valence-electron chi connectivity index (χ2n) is 6.14. The van der Waals surface area contributed by atoms with Crippen LogP contribution in [0.1, 0.15) is 38.8 Å². The van der Waals surface area contributed by atoms with Crippen molar-refractivity contribution in [2.75, 3.05) is 12.3 Å². The minimum absolute atomic E-state index is 0.266. The van der Waals surface area contributed by atoms with Crippen molar-refractivity contribution in [3.05, 3.63) is 57.7 Å². The first-order chi connectivity index (χ1) is 13.5. The zero-order chi connectivity index (χ0) is 20.3. The Balaban J connectivity index is 1.91. The number of nitrogens with zero attached hydrogens (tertiary/aromatic N) is 3. The van der Waals surface area contributed by atoms with Gasteiger partial charge in [0.2, 0.25) is 0 Å². The molecule has 0 atom stereocenters. The van der Waals surface area contributed by atoms with Gasteiger partial charge in [0, 0.05) is 23.7 Å². The first kappa shape index (κ1) is 20.0. The van der Waals surface area contributed by atoms with Crippen LogP contribution >= 0.6 is 23.1 Å². The Labute approximate surface area is 172 Å². The Morgan fingerprint density at radius 2 is 2.21 bits per heavy atom. The van der Waals surface area contributed by atoms with Gasteiger partial charge in [-0.05, 0) is 32.4 Å². The molecule has 0 aliphatic rings. The van der Waals surface area contributed by atoms with Gasteiger partial charge in [0.25, 0.3) is 0 Å². The van der Waals surface area contributed by atoms with E-state index in [2.05, 4.69) is 43.1 Å². The number of thioether (sulfide) groups is 1. The van der Waals surface area contributed by atoms with Gasteiger partial charge in [-0.1, -0.05) is 29.5 Å². The first-order valence-corrected chi connectivity index (χ1v) is 10.5. The Kier molecular flexibility index (Phi) is 6.07. The summed E-state index contributed by atoms with van der Waals surface area (Å²) in [5.41, 5.74) is 10.3. The quantitative estimate of drug-likeness (QED) is 0.474. The van der Waals surface area contributed by atoms with Crippen molar-refractivity contribution in [2.45, 2.75) is 31.7 Å². The monoisotopic (exact) mass is 412 g/mol. The number of benzene rings is 1. The Hall–Kier alpha value is -2.76. The summed E-state index contributed by atoms with van der Waals surface area (Å²) in [4.78, 5) is 17.1. The van der Waals surface area contributed by atoms with Gasteiger partial charge >= 0.3 is 5.97 Å². The lowest BCUT2D eigenvalue weighted by Crippen LogP contribution is -2.05. The highest BCUT2D eigenvalue weighted by molar-refractivity contribution is 7.98. The van der Waals surface area contributed by atoms with Crippen LogP contribution < -0.4 is 5.73 Å². The highest BCUT2D eigenvalue weighted by Crippen LogP contribution is 2.36. The number of aryl methyl sites for hydroxylation is 2. The third-order valence-electron chi connectivity index (χ3n) is 4.17. The van der Waals surface area contributed by atoms with Crippen molar-refractivity contribution in [1.82, 2.24) is 9.55 Å². The molecule has 0 bridgehead atoms. The summed E-state index contributed by atoms with van der Waals surface area (Å²) >= 11 is 2.55. The highest BCUT2D eigenvalue weighted by Gasteiger charge is 2.23. The Morgan fingerprint density at radius 3 is 2.89 bits per heavy atom. The predicted molar refractivity (Wildman–Crippen MR) is 112 cm³/mol. The first-order valence-electron chi connectivity index (χ1n) is 8.68. The number of imidazole rings is 1. The SMILES string of the molecule is CCOC(=O)c1sc(N)c(C#N)c1CSc1nccn1-c1ccc(C)cc1C. The molecule has 2 N–H and O–H groups in total. The number of hydrogen-bond acceptors (Lipinski definition) is 7. The van der Waals surface area contributed by atoms with E-state index in [1.807, 2.05) is 10.8 Å². The summed E-state index contributed by atoms with van der Waals surface area (Å²) in [5.74, 6) is -0.0545. The molecule has 0 unspecified atom stereocenters. The molecule has 0 saturated heterocycles. The number of aromatic nitrogens is 2. The smallest absolute Gasteiger partial charge is 0.348 e. The summed E-state index contributed by atoms with van der Waals surface area (Å²) in [6.45, 7) is 6.13. The van der Waals surface area contributed by atoms with Crippen LogP contribution in [0, 0.1) is 25.2 Å². The van der Waals surface area contributed by atoms with E-state index in [0.29, 0.717) is 26.8 Å². The van der Waals surface area contributed by atoms with Crippen molar-refractivity contribution < 1.29 is 9.53 Å². The molecule has 28 heavy (non-hydrogen) atoms. The minimum Gasteiger partial charge on any atom is -0.462 e. The number of carbonyl (C=O) groups is 1. The molecule has 144 valence electrons. The van der Waals surface area contributed by atoms with Crippen LogP contribution in [0.25, 0.3) is 5.69 Å². The van der Waals surface area contributed by atoms with Crippen LogP contribution in [0.2, 0.25) is 0 Å². The normalized spacial score (nSPS) is 10.6. The van der Waals surface area contributed by atoms with Gasteiger partial charge < -0.3 is 10.5 Å². The molecule has 3 aromatic rings. The summed E-state index contributed by atoms with van der Waals surface area (Å²) in [5, 5.41) is 10.6. The topological polar surface area (TPSA) is 93.9 Å². The van der Waals surface area contributed by atoms with Crippen molar-refractivity contribution in [3.63, 3.8) is 0 Å². The maximum atomic E-state index is 12.3. The summed E-state index contributed by atoms with van der Waals surface area (Å²) in [7, 11) is 0. The third-order valence-corrected chi connectivity index (χ3v) is 6.21. The van der Waals surface area contributed by atoms with E-state index in [1.165, 1.54) is 17.3 Å². The van der Waals surface area contributed by atoms with Crippen LogP contribution in [-0.4, -0.2) is 22.1 Å². The molecule has 8 heteroatoms. The fourth-order valence-corrected chi connectivity index (χ4v) is 4.92. The van der Waals surface area contributed by atoms with Gasteiger partial charge in [-0.3, -0.25) is 4.57 Å². The molecule has 0 aliphatic carbocycles. The summed E-state index contributed by atoms with van der Waals surface area (Å²) in [6.07, 6.45) is 3.64. The largest absolute Gasteiger partial charge is 0.462 e. The molecular formula is C20H20N4O2S2. The second-order valence-corrected chi connectivity index (χ2v) is 8.13. The number of nitrogens with two attached hydrogens (primary N) is 1. The maximum absolute atomic E-state index is 12.3. The second kappa shape index (κ2) is 8.50. The number of carbonyl (C=O) groups excluding carboxylic acids is 1. The van der Waals surface area contributed by atoms with Crippen molar-refractivity contribution in [3.8, 4) is 11.8 Å². The number of esters is 1. The average molecular weight is 413 g/mol. The summed E-state index contributed by atoms with van der Waals surface area (Å²) < 4.78 is 7.12. The van der Waals surface area contributed by atoms with Gasteiger partial charge in [0.05, 0.1) is 17.9 Å². The van der Waals surface area contributed by atoms with Crippen LogP contribution in [-0.2, 0) is 10.5 Å². The van der Waals surface area contributed by atoms with E-state index in [1.54, 1.807) is 13.1 Å². The molecule has 0 saturated carbocycles. The van der Waals surface area contributed by atoms with Gasteiger partial charge in [-0.25, -0.2) is 9.78 Å². The Morgan fingerprint density at radius 1 is 1.43 bits per heavy atom. The fraction of sp³-hybridized carbons (Fsp3) is 0.250. The molecule has 0 spiro atoms. The van der Waals surface area contributed by atoms with E-state index < -0.39 is 5.97 Å². The molecule has 2 heterocycles. The van der Waals surface area contributed by atoms with Crippen LogP contribution in [0.3, 0.4) is 0 Å². The highest BCUT2D eigenvalue weighted by atomic mass is 32.2. The fourth-order valence-electron chi connectivity index (χ4n) is 2.90. The molecule has 0 amide bonds. The molecule has 0 radical (unpaired) electrons. The van der Waals surface area contributed by atoms with Gasteiger partial charge in [0.15, 0.2) is 5.16 Å². The van der Waals surface area contributed by atoms with Crippen LogP contribution in [0.5, 0.6) is 0 Å². The number of anilines is 1. The predicted octanol–water partition coefficient (Wildman–Crippen LogP) is 4.47. The number of ether oxygens (including phenoxy) is 1. The number of rotatable bonds is 6. The molecule has 6 nitrogen and oxygen atoms in total.